The Balaban J connectivity index is 1.09. The largest absolute Gasteiger partial charge is 0.508 e. The number of methoxy groups -OCH3 is 1. The van der Waals surface area contributed by atoms with Gasteiger partial charge in [-0.15, -0.1) is 0 Å². The van der Waals surface area contributed by atoms with Crippen LogP contribution < -0.4 is 25.3 Å². The van der Waals surface area contributed by atoms with E-state index in [0.717, 1.165) is 87.9 Å². The fourth-order valence-electron chi connectivity index (χ4n) is 13.2. The average Bonchev–Trinajstić information content (AvgIpc) is 3.94. The summed E-state index contributed by atoms with van der Waals surface area (Å²) in [6, 6.07) is 14.0. The van der Waals surface area contributed by atoms with Crippen molar-refractivity contribution in [3.63, 3.8) is 0 Å². The van der Waals surface area contributed by atoms with Crippen molar-refractivity contribution in [1.29, 1.82) is 0 Å². The predicted octanol–water partition coefficient (Wildman–Crippen LogP) is 9.14. The molecule has 3 saturated carbocycles. The first-order valence-corrected chi connectivity index (χ1v) is 23.2. The Labute approximate surface area is 369 Å². The van der Waals surface area contributed by atoms with E-state index in [0.29, 0.717) is 59.8 Å². The summed E-state index contributed by atoms with van der Waals surface area (Å²) in [5.41, 5.74) is 15.8. The van der Waals surface area contributed by atoms with E-state index in [1.165, 1.54) is 51.9 Å². The van der Waals surface area contributed by atoms with Crippen LogP contribution in [0, 0.1) is 23.2 Å². The van der Waals surface area contributed by atoms with Crippen LogP contribution in [0.4, 0.5) is 5.82 Å². The summed E-state index contributed by atoms with van der Waals surface area (Å²) < 4.78 is 26.1. The number of fused-ring (bicyclic) bond motifs is 9. The highest BCUT2D eigenvalue weighted by Crippen LogP contribution is 2.63. The molecule has 11 rings (SSSR count). The zero-order valence-electron chi connectivity index (χ0n) is 36.4. The molecule has 10 nitrogen and oxygen atoms in total. The number of nitrogens with zero attached hydrogens (tertiary/aromatic N) is 1. The lowest BCUT2D eigenvalue weighted by molar-refractivity contribution is -0.141. The van der Waals surface area contributed by atoms with Crippen molar-refractivity contribution in [1.82, 2.24) is 10.3 Å². The minimum atomic E-state index is -0.612. The highest BCUT2D eigenvalue weighted by atomic mass is 16.5. The molecule has 0 radical (unpaired) electrons. The number of carbonyl (C=O) groups is 1. The second-order valence-corrected chi connectivity index (χ2v) is 19.7. The van der Waals surface area contributed by atoms with Gasteiger partial charge in [0.2, 0.25) is 0 Å². The fraction of sp³-hybridized carbons (Fsp3) is 0.472. The molecule has 4 bridgehead atoms. The summed E-state index contributed by atoms with van der Waals surface area (Å²) >= 11 is 0. The van der Waals surface area contributed by atoms with E-state index in [1.54, 1.807) is 19.2 Å². The van der Waals surface area contributed by atoms with Gasteiger partial charge in [0.1, 0.15) is 48.1 Å². The Bertz CT molecular complexity index is 2620. The van der Waals surface area contributed by atoms with Crippen LogP contribution >= 0.6 is 0 Å². The summed E-state index contributed by atoms with van der Waals surface area (Å²) in [7, 11) is 1.65. The number of rotatable bonds is 5. The molecule has 326 valence electrons. The van der Waals surface area contributed by atoms with Crippen LogP contribution in [0.5, 0.6) is 28.7 Å². The van der Waals surface area contributed by atoms with Gasteiger partial charge in [-0.1, -0.05) is 55.5 Å². The standard InChI is InChI=1S/C53H57N3O7/c1-30(57)61-29-41-38-13-14-39-46-34(22-37(58)24-44(46)60-2)26-53-20-16-31(25-53)21-32-10-15-45(54)56-42(32)9-5-7-33-23-43(59)49-40(47(33)50(41)63-51(38)48(39)53)12-11-36(28-62-49)55-35-8-6-19-52(27-35)17-3-4-18-52/h10-15,22-24,31,35-36,41,50,55,58-59H,3-4,6-8,16-21,25-29H2,1-2H3,(H2,54,56)/t31-,35-,36-,41+,50+,53-/m1/s1. The third-order valence-corrected chi connectivity index (χ3v) is 15.8. The van der Waals surface area contributed by atoms with Crippen LogP contribution in [0.3, 0.4) is 0 Å². The molecule has 7 aliphatic rings. The van der Waals surface area contributed by atoms with Gasteiger partial charge in [0.25, 0.3) is 0 Å². The number of nitrogen functional groups attached to an aromatic ring is 1. The highest BCUT2D eigenvalue weighted by molar-refractivity contribution is 5.84. The lowest BCUT2D eigenvalue weighted by Gasteiger charge is -2.39. The zero-order valence-corrected chi connectivity index (χ0v) is 36.4. The van der Waals surface area contributed by atoms with Gasteiger partial charge in [-0.05, 0) is 122 Å². The maximum atomic E-state index is 12.6. The van der Waals surface area contributed by atoms with Crippen LogP contribution in [0.15, 0.2) is 48.5 Å². The molecule has 10 heteroatoms. The Hall–Kier alpha value is -5.66. The number of ether oxygens (including phenoxy) is 4. The van der Waals surface area contributed by atoms with Crippen molar-refractivity contribution in [2.24, 2.45) is 11.3 Å². The summed E-state index contributed by atoms with van der Waals surface area (Å²) in [6.45, 7) is 1.92. The van der Waals surface area contributed by atoms with E-state index < -0.39 is 6.10 Å². The van der Waals surface area contributed by atoms with Crippen molar-refractivity contribution in [3.8, 4) is 51.7 Å². The van der Waals surface area contributed by atoms with E-state index >= 15 is 0 Å². The Morgan fingerprint density at radius 3 is 2.70 bits per heavy atom. The van der Waals surface area contributed by atoms with E-state index in [1.807, 2.05) is 12.1 Å². The number of nitrogens with two attached hydrogens (primary N) is 1. The van der Waals surface area contributed by atoms with E-state index in [-0.39, 0.29) is 41.4 Å². The second kappa shape index (κ2) is 15.5. The molecule has 3 aromatic carbocycles. The average molecular weight is 848 g/mol. The maximum Gasteiger partial charge on any atom is 0.302 e. The van der Waals surface area contributed by atoms with E-state index in [2.05, 4.69) is 47.5 Å². The lowest BCUT2D eigenvalue weighted by Crippen LogP contribution is -2.45. The van der Waals surface area contributed by atoms with Crippen LogP contribution in [0.25, 0.3) is 17.2 Å². The number of carbonyl (C=O) groups excluding carboxylic acids is 1. The quantitative estimate of drug-likeness (QED) is 0.113. The number of pyridine rings is 1. The number of phenolic OH excluding ortho intramolecular Hbond substituents is 2. The Kier molecular flexibility index (Phi) is 9.91. The number of aromatic hydroxyl groups is 2. The van der Waals surface area contributed by atoms with Gasteiger partial charge in [0.05, 0.1) is 19.1 Å². The molecule has 63 heavy (non-hydrogen) atoms. The van der Waals surface area contributed by atoms with Gasteiger partial charge in [-0.25, -0.2) is 4.98 Å². The highest BCUT2D eigenvalue weighted by Gasteiger charge is 2.51. The molecule has 4 aromatic rings. The van der Waals surface area contributed by atoms with Crippen molar-refractivity contribution >= 4 is 17.9 Å². The molecule has 4 aliphatic carbocycles. The first kappa shape index (κ1) is 40.1. The Morgan fingerprint density at radius 1 is 1.00 bits per heavy atom. The number of anilines is 1. The molecule has 3 aliphatic heterocycles. The van der Waals surface area contributed by atoms with E-state index in [4.69, 9.17) is 29.7 Å². The van der Waals surface area contributed by atoms with Crippen molar-refractivity contribution in [3.05, 3.63) is 93.2 Å². The fourth-order valence-corrected chi connectivity index (χ4v) is 13.2. The number of hydrogen-bond acceptors (Lipinski definition) is 10. The zero-order chi connectivity index (χ0) is 43.0. The molecule has 0 amide bonds. The molecule has 3 fully saturated rings. The molecule has 1 aromatic heterocycles. The first-order valence-electron chi connectivity index (χ1n) is 23.2. The number of aromatic nitrogens is 1. The topological polar surface area (TPSA) is 145 Å². The summed E-state index contributed by atoms with van der Waals surface area (Å²) in [6.07, 6.45) is 18.5. The molecule has 4 heterocycles. The first-order chi connectivity index (χ1) is 30.6. The molecule has 2 spiro atoms. The summed E-state index contributed by atoms with van der Waals surface area (Å²) in [4.78, 5) is 17.4. The van der Waals surface area contributed by atoms with Crippen molar-refractivity contribution in [2.45, 2.75) is 126 Å². The van der Waals surface area contributed by atoms with Crippen LogP contribution in [0.1, 0.15) is 134 Å². The van der Waals surface area contributed by atoms with Gasteiger partial charge in [-0.3, -0.25) is 4.79 Å². The number of benzene rings is 3. The minimum absolute atomic E-state index is 0.0479. The van der Waals surface area contributed by atoms with Gasteiger partial charge in [0, 0.05) is 58.7 Å². The van der Waals surface area contributed by atoms with E-state index in [9.17, 15) is 15.0 Å². The number of phenols is 2. The minimum Gasteiger partial charge on any atom is -0.508 e. The smallest absolute Gasteiger partial charge is 0.302 e. The second-order valence-electron chi connectivity index (χ2n) is 19.7. The molecular formula is C53H57N3O7. The molecular weight excluding hydrogens is 791 g/mol. The van der Waals surface area contributed by atoms with Crippen LogP contribution in [-0.2, 0) is 34.2 Å². The van der Waals surface area contributed by atoms with Gasteiger partial charge in [-0.2, -0.15) is 0 Å². The molecule has 0 saturated heterocycles. The molecule has 5 N–H and O–H groups in total. The Morgan fingerprint density at radius 2 is 1.86 bits per heavy atom. The van der Waals surface area contributed by atoms with Gasteiger partial charge < -0.3 is 40.2 Å². The summed E-state index contributed by atoms with van der Waals surface area (Å²) in [5, 5.41) is 26.8. The van der Waals surface area contributed by atoms with Crippen molar-refractivity contribution in [2.75, 3.05) is 26.1 Å². The van der Waals surface area contributed by atoms with Gasteiger partial charge >= 0.3 is 5.97 Å². The SMILES string of the molecule is COc1cc(O)cc2c1-c1ccc3c4c1[C@@]1(CC[C@H](Cc5ccc(N)nc5C#CCc5cc(O)c6c(c5[C@@H](O4)[C@H]3COC(C)=O)C=C[C@@H](N[C@@H]3CCCC4(CCCC4)C3)CO6)C1)C2. The normalized spacial score (nSPS) is 26.9. The number of hydrogen-bond donors (Lipinski definition) is 4. The summed E-state index contributed by atoms with van der Waals surface area (Å²) in [5.74, 6) is 8.91. The third kappa shape index (κ3) is 6.98. The number of esters is 1. The maximum absolute atomic E-state index is 12.6. The van der Waals surface area contributed by atoms with Crippen LogP contribution in [-0.4, -0.2) is 53.6 Å². The molecule has 0 unspecified atom stereocenters. The monoisotopic (exact) mass is 847 g/mol. The van der Waals surface area contributed by atoms with Crippen LogP contribution in [0.2, 0.25) is 0 Å². The lowest BCUT2D eigenvalue weighted by atomic mass is 9.65. The van der Waals surface area contributed by atoms with Gasteiger partial charge in [0.15, 0.2) is 11.5 Å². The third-order valence-electron chi connectivity index (χ3n) is 15.8. The molecule has 6 atom stereocenters. The predicted molar refractivity (Wildman–Crippen MR) is 241 cm³/mol. The van der Waals surface area contributed by atoms with Crippen molar-refractivity contribution < 1.29 is 34.0 Å². The number of nitrogens with one attached hydrogen (secondary N) is 1.